The number of carbonyl (C=O) groups is 1. The van der Waals surface area contributed by atoms with E-state index in [-0.39, 0.29) is 23.7 Å². The first-order chi connectivity index (χ1) is 10.6. The molecule has 2 aliphatic rings. The fraction of sp³-hybridized carbons (Fsp3) is 0.529. The molecule has 0 saturated heterocycles. The van der Waals surface area contributed by atoms with Crippen LogP contribution in [0.2, 0.25) is 0 Å². The van der Waals surface area contributed by atoms with Gasteiger partial charge in [0.05, 0.1) is 12.3 Å². The fourth-order valence-electron chi connectivity index (χ4n) is 3.24. The monoisotopic (exact) mass is 304 g/mol. The minimum atomic E-state index is -0.280. The van der Waals surface area contributed by atoms with Crippen molar-refractivity contribution in [1.29, 1.82) is 0 Å². The molecule has 0 radical (unpaired) electrons. The highest BCUT2D eigenvalue weighted by Gasteiger charge is 2.29. The zero-order chi connectivity index (χ0) is 15.5. The van der Waals surface area contributed by atoms with Crippen molar-refractivity contribution in [2.24, 2.45) is 11.1 Å². The van der Waals surface area contributed by atoms with Crippen molar-refractivity contribution in [1.82, 2.24) is 4.90 Å². The number of nitrogens with zero attached hydrogens (tertiary/aromatic N) is 2. The minimum absolute atomic E-state index is 0.145. The van der Waals surface area contributed by atoms with E-state index in [1.807, 2.05) is 13.1 Å². The summed E-state index contributed by atoms with van der Waals surface area (Å²) >= 11 is 0. The van der Waals surface area contributed by atoms with Crippen LogP contribution in [0.3, 0.4) is 0 Å². The average molecular weight is 304 g/mol. The van der Waals surface area contributed by atoms with Crippen LogP contribution < -0.4 is 0 Å². The Balaban J connectivity index is 1.54. The number of rotatable bonds is 4. The molecule has 3 rings (SSSR count). The molecule has 1 aliphatic heterocycles. The topological polar surface area (TPSA) is 41.9 Å². The van der Waals surface area contributed by atoms with Crippen molar-refractivity contribution < 1.29 is 14.0 Å². The van der Waals surface area contributed by atoms with E-state index in [0.717, 1.165) is 37.0 Å². The molecule has 5 heteroatoms. The molecule has 1 aromatic rings. The number of likely N-dealkylation sites (N-methyl/N-ethyl adjacent to an activating group) is 1. The van der Waals surface area contributed by atoms with E-state index in [2.05, 4.69) is 5.16 Å². The van der Waals surface area contributed by atoms with Gasteiger partial charge in [0, 0.05) is 24.9 Å². The summed E-state index contributed by atoms with van der Waals surface area (Å²) in [7, 11) is 1.82. The van der Waals surface area contributed by atoms with Crippen LogP contribution >= 0.6 is 0 Å². The van der Waals surface area contributed by atoms with Crippen LogP contribution in [0.25, 0.3) is 0 Å². The highest BCUT2D eigenvalue weighted by atomic mass is 19.1. The standard InChI is InChI=1S/C17H21FN2O2/c1-20(17(21)12-5-2-3-6-12)11-15-10-16(19-22-15)13-7-4-8-14(18)9-13/h4,7-9,12,15H,2-3,5-6,10-11H2,1H3/t15-/m1/s1. The molecular weight excluding hydrogens is 283 g/mol. The first-order valence-corrected chi connectivity index (χ1v) is 7.87. The highest BCUT2D eigenvalue weighted by molar-refractivity contribution is 6.01. The van der Waals surface area contributed by atoms with Crippen molar-refractivity contribution in [2.45, 2.75) is 38.2 Å². The van der Waals surface area contributed by atoms with E-state index in [0.29, 0.717) is 13.0 Å². The second-order valence-electron chi connectivity index (χ2n) is 6.18. The van der Waals surface area contributed by atoms with Crippen molar-refractivity contribution in [3.8, 4) is 0 Å². The van der Waals surface area contributed by atoms with Gasteiger partial charge >= 0.3 is 0 Å². The number of hydrogen-bond acceptors (Lipinski definition) is 3. The lowest BCUT2D eigenvalue weighted by molar-refractivity contribution is -0.135. The first kappa shape index (κ1) is 15.0. The Morgan fingerprint density at radius 1 is 1.41 bits per heavy atom. The Hall–Kier alpha value is -1.91. The number of hydrogen-bond donors (Lipinski definition) is 0. The molecule has 0 aromatic heterocycles. The predicted molar refractivity (Wildman–Crippen MR) is 82.0 cm³/mol. The van der Waals surface area contributed by atoms with Gasteiger partial charge in [-0.3, -0.25) is 4.79 Å². The van der Waals surface area contributed by atoms with Gasteiger partial charge in [-0.15, -0.1) is 0 Å². The van der Waals surface area contributed by atoms with Crippen LogP contribution in [0, 0.1) is 11.7 Å². The molecule has 1 amide bonds. The normalized spacial score (nSPS) is 21.5. The molecule has 22 heavy (non-hydrogen) atoms. The van der Waals surface area contributed by atoms with E-state index in [1.165, 1.54) is 12.1 Å². The summed E-state index contributed by atoms with van der Waals surface area (Å²) in [5, 5.41) is 4.05. The summed E-state index contributed by atoms with van der Waals surface area (Å²) in [6, 6.07) is 6.35. The Morgan fingerprint density at radius 3 is 2.91 bits per heavy atom. The summed E-state index contributed by atoms with van der Waals surface area (Å²) in [6.07, 6.45) is 4.76. The second kappa shape index (κ2) is 6.46. The largest absolute Gasteiger partial charge is 0.390 e. The quantitative estimate of drug-likeness (QED) is 0.858. The van der Waals surface area contributed by atoms with Gasteiger partial charge in [-0.25, -0.2) is 4.39 Å². The van der Waals surface area contributed by atoms with E-state index in [4.69, 9.17) is 4.84 Å². The number of benzene rings is 1. The maximum atomic E-state index is 13.3. The predicted octanol–water partition coefficient (Wildman–Crippen LogP) is 2.97. The van der Waals surface area contributed by atoms with Gasteiger partial charge in [-0.05, 0) is 25.0 Å². The lowest BCUT2D eigenvalue weighted by Crippen LogP contribution is -2.37. The summed E-state index contributed by atoms with van der Waals surface area (Å²) in [6.45, 7) is 0.525. The van der Waals surface area contributed by atoms with Crippen LogP contribution in [-0.4, -0.2) is 36.2 Å². The maximum Gasteiger partial charge on any atom is 0.225 e. The van der Waals surface area contributed by atoms with E-state index in [9.17, 15) is 9.18 Å². The third kappa shape index (κ3) is 3.29. The lowest BCUT2D eigenvalue weighted by Gasteiger charge is -2.23. The van der Waals surface area contributed by atoms with Crippen LogP contribution in [0.5, 0.6) is 0 Å². The maximum absolute atomic E-state index is 13.3. The van der Waals surface area contributed by atoms with Gasteiger partial charge in [-0.1, -0.05) is 30.1 Å². The SMILES string of the molecule is CN(C[C@H]1CC(c2cccc(F)c2)=NO1)C(=O)C1CCCC1. The summed E-state index contributed by atoms with van der Waals surface area (Å²) in [5.41, 5.74) is 1.48. The van der Waals surface area contributed by atoms with Crippen LogP contribution in [0.4, 0.5) is 4.39 Å². The third-order valence-electron chi connectivity index (χ3n) is 4.45. The lowest BCUT2D eigenvalue weighted by atomic mass is 10.0. The van der Waals surface area contributed by atoms with Gasteiger partial charge in [-0.2, -0.15) is 0 Å². The van der Waals surface area contributed by atoms with Gasteiger partial charge in [0.15, 0.2) is 6.10 Å². The molecule has 1 saturated carbocycles. The molecule has 0 unspecified atom stereocenters. The minimum Gasteiger partial charge on any atom is -0.390 e. The van der Waals surface area contributed by atoms with E-state index in [1.54, 1.807) is 11.0 Å². The molecule has 1 heterocycles. The molecule has 4 nitrogen and oxygen atoms in total. The Kier molecular flexibility index (Phi) is 4.41. The molecule has 1 atom stereocenters. The smallest absolute Gasteiger partial charge is 0.225 e. The Labute approximate surface area is 129 Å². The molecule has 0 bridgehead atoms. The Morgan fingerprint density at radius 2 is 2.18 bits per heavy atom. The second-order valence-corrected chi connectivity index (χ2v) is 6.18. The first-order valence-electron chi connectivity index (χ1n) is 7.87. The molecule has 0 N–H and O–H groups in total. The van der Waals surface area contributed by atoms with Gasteiger partial charge in [0.2, 0.25) is 5.91 Å². The highest BCUT2D eigenvalue weighted by Crippen LogP contribution is 2.27. The molecular formula is C17H21FN2O2. The van der Waals surface area contributed by atoms with Gasteiger partial charge in [0.25, 0.3) is 0 Å². The van der Waals surface area contributed by atoms with E-state index >= 15 is 0 Å². The van der Waals surface area contributed by atoms with Crippen LogP contribution in [-0.2, 0) is 9.63 Å². The summed E-state index contributed by atoms with van der Waals surface area (Å²) < 4.78 is 13.3. The van der Waals surface area contributed by atoms with Crippen molar-refractivity contribution in [3.05, 3.63) is 35.6 Å². The number of halogens is 1. The van der Waals surface area contributed by atoms with Crippen LogP contribution in [0.1, 0.15) is 37.7 Å². The number of carbonyl (C=O) groups excluding carboxylic acids is 1. The number of amides is 1. The van der Waals surface area contributed by atoms with Crippen LogP contribution in [0.15, 0.2) is 29.4 Å². The molecule has 1 aliphatic carbocycles. The zero-order valence-corrected chi connectivity index (χ0v) is 12.8. The Bertz CT molecular complexity index is 582. The van der Waals surface area contributed by atoms with Crippen molar-refractivity contribution >= 4 is 11.6 Å². The molecule has 0 spiro atoms. The average Bonchev–Trinajstić information content (AvgIpc) is 3.18. The van der Waals surface area contributed by atoms with Gasteiger partial charge in [0.1, 0.15) is 5.82 Å². The molecule has 1 aromatic carbocycles. The van der Waals surface area contributed by atoms with E-state index < -0.39 is 0 Å². The summed E-state index contributed by atoms with van der Waals surface area (Å²) in [4.78, 5) is 19.5. The third-order valence-corrected chi connectivity index (χ3v) is 4.45. The van der Waals surface area contributed by atoms with Crippen molar-refractivity contribution in [2.75, 3.05) is 13.6 Å². The zero-order valence-electron chi connectivity index (χ0n) is 12.8. The number of oxime groups is 1. The summed E-state index contributed by atoms with van der Waals surface area (Å²) in [5.74, 6) is 0.104. The molecule has 118 valence electrons. The van der Waals surface area contributed by atoms with Crippen molar-refractivity contribution in [3.63, 3.8) is 0 Å². The van der Waals surface area contributed by atoms with Gasteiger partial charge < -0.3 is 9.74 Å². The fourth-order valence-corrected chi connectivity index (χ4v) is 3.24. The molecule has 1 fully saturated rings.